The maximum absolute atomic E-state index is 13.9. The zero-order chi connectivity index (χ0) is 20.4. The Balaban J connectivity index is 1.44. The molecule has 0 aliphatic carbocycles. The second kappa shape index (κ2) is 7.85. The molecule has 0 fully saturated rings. The summed E-state index contributed by atoms with van der Waals surface area (Å²) in [5, 5.41) is 14.1. The Hall–Kier alpha value is -3.51. The Morgan fingerprint density at radius 3 is 2.86 bits per heavy atom. The van der Waals surface area contributed by atoms with Crippen molar-refractivity contribution in [3.05, 3.63) is 64.7 Å². The number of thiazole rings is 1. The van der Waals surface area contributed by atoms with E-state index in [-0.39, 0.29) is 18.8 Å². The normalized spacial score (nSPS) is 13.0. The summed E-state index contributed by atoms with van der Waals surface area (Å²) in [5.41, 5.74) is 1.24. The summed E-state index contributed by atoms with van der Waals surface area (Å²) in [7, 11) is 0. The third-order valence-electron chi connectivity index (χ3n) is 4.22. The third kappa shape index (κ3) is 4.02. The average molecular weight is 413 g/mol. The number of amides is 1. The second-order valence-electron chi connectivity index (χ2n) is 6.18. The van der Waals surface area contributed by atoms with E-state index < -0.39 is 23.6 Å². The highest BCUT2D eigenvalue weighted by Gasteiger charge is 2.20. The van der Waals surface area contributed by atoms with E-state index in [0.29, 0.717) is 28.3 Å². The van der Waals surface area contributed by atoms with Crippen LogP contribution in [0.4, 0.5) is 8.78 Å². The summed E-state index contributed by atoms with van der Waals surface area (Å²) in [6.45, 7) is 0.177. The maximum atomic E-state index is 13.9. The van der Waals surface area contributed by atoms with Crippen LogP contribution in [0.15, 0.2) is 41.8 Å². The van der Waals surface area contributed by atoms with E-state index in [4.69, 9.17) is 9.47 Å². The molecule has 0 radical (unpaired) electrons. The van der Waals surface area contributed by atoms with Crippen molar-refractivity contribution in [1.29, 1.82) is 5.26 Å². The molecule has 1 atom stereocenters. The number of fused-ring (bicyclic) bond motifs is 1. The molecule has 4 rings (SSSR count). The summed E-state index contributed by atoms with van der Waals surface area (Å²) in [5.74, 6) is -0.846. The van der Waals surface area contributed by atoms with Gasteiger partial charge in [0.1, 0.15) is 22.7 Å². The van der Waals surface area contributed by atoms with Crippen molar-refractivity contribution < 1.29 is 23.0 Å². The number of nitrogens with one attached hydrogen (secondary N) is 1. The van der Waals surface area contributed by atoms with Gasteiger partial charge in [-0.1, -0.05) is 6.07 Å². The van der Waals surface area contributed by atoms with Crippen LogP contribution in [0.2, 0.25) is 0 Å². The quantitative estimate of drug-likeness (QED) is 0.689. The number of rotatable bonds is 5. The highest BCUT2D eigenvalue weighted by molar-refractivity contribution is 7.13. The molecule has 1 aromatic heterocycles. The molecule has 1 unspecified atom stereocenters. The molecular weight excluding hydrogens is 400 g/mol. The molecule has 1 aliphatic heterocycles. The van der Waals surface area contributed by atoms with Gasteiger partial charge in [0, 0.05) is 22.6 Å². The van der Waals surface area contributed by atoms with Gasteiger partial charge in [0.25, 0.3) is 0 Å². The second-order valence-corrected chi connectivity index (χ2v) is 7.04. The molecule has 29 heavy (non-hydrogen) atoms. The Morgan fingerprint density at radius 2 is 2.07 bits per heavy atom. The number of carbonyl (C=O) groups is 1. The van der Waals surface area contributed by atoms with Gasteiger partial charge >= 0.3 is 0 Å². The fourth-order valence-electron chi connectivity index (χ4n) is 2.84. The van der Waals surface area contributed by atoms with Crippen molar-refractivity contribution in [3.8, 4) is 28.1 Å². The van der Waals surface area contributed by atoms with Crippen LogP contribution in [0, 0.1) is 23.0 Å². The summed E-state index contributed by atoms with van der Waals surface area (Å²) in [4.78, 5) is 16.7. The monoisotopic (exact) mass is 413 g/mol. The number of nitrogens with zero attached hydrogens (tertiary/aromatic N) is 2. The van der Waals surface area contributed by atoms with Crippen LogP contribution in [-0.2, 0) is 11.2 Å². The summed E-state index contributed by atoms with van der Waals surface area (Å²) < 4.78 is 37.6. The number of benzene rings is 2. The SMILES string of the molecule is N#CC(NC(=O)Cc1csc(-c2ccc3c(c2)OCO3)n1)c1ccc(F)cc1F. The lowest BCUT2D eigenvalue weighted by Crippen LogP contribution is -2.29. The molecule has 2 heterocycles. The predicted octanol–water partition coefficient (Wildman–Crippen LogP) is 3.74. The molecule has 0 bridgehead atoms. The summed E-state index contributed by atoms with van der Waals surface area (Å²) >= 11 is 1.36. The first-order valence-electron chi connectivity index (χ1n) is 8.52. The first-order chi connectivity index (χ1) is 14.0. The minimum atomic E-state index is -1.23. The summed E-state index contributed by atoms with van der Waals surface area (Å²) in [6, 6.07) is 8.88. The van der Waals surface area contributed by atoms with Crippen LogP contribution in [0.3, 0.4) is 0 Å². The molecule has 0 saturated carbocycles. The number of nitriles is 1. The number of hydrogen-bond acceptors (Lipinski definition) is 6. The molecule has 9 heteroatoms. The van der Waals surface area contributed by atoms with Crippen LogP contribution < -0.4 is 14.8 Å². The average Bonchev–Trinajstić information content (AvgIpc) is 3.35. The Morgan fingerprint density at radius 1 is 1.24 bits per heavy atom. The highest BCUT2D eigenvalue weighted by atomic mass is 32.1. The minimum absolute atomic E-state index is 0.0813. The van der Waals surface area contributed by atoms with Crippen molar-refractivity contribution >= 4 is 17.2 Å². The molecule has 1 amide bonds. The number of hydrogen-bond donors (Lipinski definition) is 1. The lowest BCUT2D eigenvalue weighted by molar-refractivity contribution is -0.120. The molecule has 3 aromatic rings. The lowest BCUT2D eigenvalue weighted by Gasteiger charge is -2.12. The van der Waals surface area contributed by atoms with Crippen LogP contribution in [0.1, 0.15) is 17.3 Å². The number of aromatic nitrogens is 1. The predicted molar refractivity (Wildman–Crippen MR) is 100 cm³/mol. The van der Waals surface area contributed by atoms with E-state index in [1.54, 1.807) is 11.4 Å². The molecule has 0 saturated heterocycles. The Bertz CT molecular complexity index is 1130. The molecule has 1 N–H and O–H groups in total. The number of ether oxygens (including phenoxy) is 2. The van der Waals surface area contributed by atoms with Crippen molar-refractivity contribution in [1.82, 2.24) is 10.3 Å². The van der Waals surface area contributed by atoms with Crippen molar-refractivity contribution in [2.24, 2.45) is 0 Å². The fraction of sp³-hybridized carbons (Fsp3) is 0.150. The van der Waals surface area contributed by atoms with Gasteiger partial charge in [0.05, 0.1) is 18.2 Å². The Kier molecular flexibility index (Phi) is 5.10. The van der Waals surface area contributed by atoms with Crippen LogP contribution in [0.25, 0.3) is 10.6 Å². The first kappa shape index (κ1) is 18.8. The smallest absolute Gasteiger partial charge is 0.231 e. The molecule has 2 aromatic carbocycles. The first-order valence-corrected chi connectivity index (χ1v) is 9.40. The topological polar surface area (TPSA) is 84.2 Å². The fourth-order valence-corrected chi connectivity index (χ4v) is 3.66. The van der Waals surface area contributed by atoms with Gasteiger partial charge < -0.3 is 14.8 Å². The van der Waals surface area contributed by atoms with Crippen LogP contribution in [-0.4, -0.2) is 17.7 Å². The number of halogens is 2. The Labute approximate surface area is 168 Å². The van der Waals surface area contributed by atoms with Gasteiger partial charge in [-0.3, -0.25) is 4.79 Å². The largest absolute Gasteiger partial charge is 0.454 e. The highest BCUT2D eigenvalue weighted by Crippen LogP contribution is 2.36. The number of carbonyl (C=O) groups excluding carboxylic acids is 1. The van der Waals surface area contributed by atoms with E-state index in [9.17, 15) is 18.8 Å². The van der Waals surface area contributed by atoms with Gasteiger partial charge in [0.2, 0.25) is 12.7 Å². The molecule has 6 nitrogen and oxygen atoms in total. The molecular formula is C20H13F2N3O3S. The van der Waals surface area contributed by atoms with Crippen LogP contribution >= 0.6 is 11.3 Å². The van der Waals surface area contributed by atoms with E-state index in [0.717, 1.165) is 17.7 Å². The van der Waals surface area contributed by atoms with Gasteiger partial charge in [0.15, 0.2) is 11.5 Å². The standard InChI is InChI=1S/C20H13F2N3O3S/c21-12-2-3-14(15(22)6-12)16(8-23)25-19(26)7-13-9-29-20(24-13)11-1-4-17-18(5-11)28-10-27-17/h1-6,9,16H,7,10H2,(H,25,26). The van der Waals surface area contributed by atoms with E-state index in [2.05, 4.69) is 10.3 Å². The molecule has 0 spiro atoms. The lowest BCUT2D eigenvalue weighted by atomic mass is 10.1. The van der Waals surface area contributed by atoms with E-state index >= 15 is 0 Å². The van der Waals surface area contributed by atoms with E-state index in [1.165, 1.54) is 11.3 Å². The zero-order valence-electron chi connectivity index (χ0n) is 14.8. The van der Waals surface area contributed by atoms with Gasteiger partial charge in [-0.2, -0.15) is 5.26 Å². The maximum Gasteiger partial charge on any atom is 0.231 e. The van der Waals surface area contributed by atoms with E-state index in [1.807, 2.05) is 18.2 Å². The van der Waals surface area contributed by atoms with Gasteiger partial charge in [-0.15, -0.1) is 11.3 Å². The van der Waals surface area contributed by atoms with Gasteiger partial charge in [-0.25, -0.2) is 13.8 Å². The van der Waals surface area contributed by atoms with Crippen molar-refractivity contribution in [2.75, 3.05) is 6.79 Å². The molecule has 146 valence electrons. The summed E-state index contributed by atoms with van der Waals surface area (Å²) in [6.07, 6.45) is -0.0813. The minimum Gasteiger partial charge on any atom is -0.454 e. The third-order valence-corrected chi connectivity index (χ3v) is 5.16. The van der Waals surface area contributed by atoms with Crippen molar-refractivity contribution in [2.45, 2.75) is 12.5 Å². The van der Waals surface area contributed by atoms with Crippen molar-refractivity contribution in [3.63, 3.8) is 0 Å². The zero-order valence-corrected chi connectivity index (χ0v) is 15.6. The molecule has 1 aliphatic rings. The van der Waals surface area contributed by atoms with Crippen LogP contribution in [0.5, 0.6) is 11.5 Å². The van der Waals surface area contributed by atoms with Gasteiger partial charge in [-0.05, 0) is 24.3 Å².